The van der Waals surface area contributed by atoms with Crippen LogP contribution >= 0.6 is 11.3 Å². The van der Waals surface area contributed by atoms with Gasteiger partial charge in [-0.15, -0.1) is 11.3 Å². The molecule has 11 heteroatoms. The van der Waals surface area contributed by atoms with Crippen LogP contribution in [0, 0.1) is 0 Å². The lowest BCUT2D eigenvalue weighted by atomic mass is 10.2. The fourth-order valence-corrected chi connectivity index (χ4v) is 2.83. The summed E-state index contributed by atoms with van der Waals surface area (Å²) in [6.07, 6.45) is -3.25. The number of benzene rings is 1. The molecule has 0 aliphatic carbocycles. The largest absolute Gasteiger partial charge is 0.493 e. The molecule has 30 heavy (non-hydrogen) atoms. The molecule has 0 saturated carbocycles. The van der Waals surface area contributed by atoms with Crippen molar-refractivity contribution >= 4 is 22.9 Å². The predicted molar refractivity (Wildman–Crippen MR) is 103 cm³/mol. The van der Waals surface area contributed by atoms with Crippen molar-refractivity contribution in [3.63, 3.8) is 0 Å². The Morgan fingerprint density at radius 2 is 1.97 bits per heavy atom. The number of amides is 1. The number of nitrogens with one attached hydrogen (secondary N) is 1. The standard InChI is InChI=1S/C19H16F3N3O4S/c1-27-16-6-12(2-4-15(16)28-8-14-9-30-11-24-14)18(26)25-13-3-5-17(23-7-13)29-10-19(20,21)22/h2-7,9,11H,8,10H2,1H3,(H,25,26). The maximum absolute atomic E-state index is 12.5. The fourth-order valence-electron chi connectivity index (χ4n) is 2.29. The molecule has 3 rings (SSSR count). The number of alkyl halides is 3. The van der Waals surface area contributed by atoms with Gasteiger partial charge in [-0.05, 0) is 24.3 Å². The zero-order valence-corrected chi connectivity index (χ0v) is 16.4. The molecule has 0 aliphatic rings. The van der Waals surface area contributed by atoms with Gasteiger partial charge in [0, 0.05) is 17.0 Å². The van der Waals surface area contributed by atoms with E-state index in [-0.39, 0.29) is 12.5 Å². The van der Waals surface area contributed by atoms with Gasteiger partial charge in [-0.2, -0.15) is 13.2 Å². The van der Waals surface area contributed by atoms with Crippen molar-refractivity contribution in [1.29, 1.82) is 0 Å². The van der Waals surface area contributed by atoms with Gasteiger partial charge in [0.1, 0.15) is 6.61 Å². The first-order valence-corrected chi connectivity index (χ1v) is 9.43. The molecule has 2 heterocycles. The Labute approximate surface area is 173 Å². The Balaban J connectivity index is 1.62. The quantitative estimate of drug-likeness (QED) is 0.563. The van der Waals surface area contributed by atoms with Crippen LogP contribution < -0.4 is 19.5 Å². The lowest BCUT2D eigenvalue weighted by molar-refractivity contribution is -0.154. The van der Waals surface area contributed by atoms with Crippen molar-refractivity contribution in [3.8, 4) is 17.4 Å². The summed E-state index contributed by atoms with van der Waals surface area (Å²) in [5.41, 5.74) is 3.07. The van der Waals surface area contributed by atoms with Crippen molar-refractivity contribution in [2.75, 3.05) is 19.0 Å². The van der Waals surface area contributed by atoms with E-state index >= 15 is 0 Å². The second kappa shape index (κ2) is 9.44. The molecule has 0 bridgehead atoms. The highest BCUT2D eigenvalue weighted by molar-refractivity contribution is 7.07. The van der Waals surface area contributed by atoms with E-state index in [1.54, 1.807) is 17.6 Å². The second-order valence-electron chi connectivity index (χ2n) is 5.88. The number of carbonyl (C=O) groups is 1. The molecular formula is C19H16F3N3O4S. The predicted octanol–water partition coefficient (Wildman–Crippen LogP) is 4.32. The molecule has 0 atom stereocenters. The van der Waals surface area contributed by atoms with Crippen molar-refractivity contribution in [2.45, 2.75) is 12.8 Å². The van der Waals surface area contributed by atoms with Gasteiger partial charge >= 0.3 is 6.18 Å². The average Bonchev–Trinajstić information content (AvgIpc) is 3.24. The Bertz CT molecular complexity index is 980. The Kier molecular flexibility index (Phi) is 6.72. The fraction of sp³-hybridized carbons (Fsp3) is 0.211. The molecule has 1 amide bonds. The Morgan fingerprint density at radius 3 is 2.60 bits per heavy atom. The number of carbonyl (C=O) groups excluding carboxylic acids is 1. The summed E-state index contributed by atoms with van der Waals surface area (Å²) < 4.78 is 52.0. The number of ether oxygens (including phenoxy) is 3. The highest BCUT2D eigenvalue weighted by Gasteiger charge is 2.28. The summed E-state index contributed by atoms with van der Waals surface area (Å²) in [4.78, 5) is 20.3. The van der Waals surface area contributed by atoms with Gasteiger partial charge in [0.05, 0.1) is 30.2 Å². The van der Waals surface area contributed by atoms with Crippen LogP contribution in [0.5, 0.6) is 17.4 Å². The van der Waals surface area contributed by atoms with Crippen molar-refractivity contribution in [3.05, 3.63) is 58.7 Å². The second-order valence-corrected chi connectivity index (χ2v) is 6.60. The van der Waals surface area contributed by atoms with E-state index in [2.05, 4.69) is 20.0 Å². The zero-order valence-electron chi connectivity index (χ0n) is 15.6. The normalized spacial score (nSPS) is 11.1. The zero-order chi connectivity index (χ0) is 21.6. The van der Waals surface area contributed by atoms with Gasteiger partial charge in [0.2, 0.25) is 5.88 Å². The third-order valence-electron chi connectivity index (χ3n) is 3.66. The summed E-state index contributed by atoms with van der Waals surface area (Å²) in [5.74, 6) is 0.167. The number of halogens is 3. The van der Waals surface area contributed by atoms with E-state index in [0.717, 1.165) is 5.69 Å². The third kappa shape index (κ3) is 6.08. The van der Waals surface area contributed by atoms with Crippen LogP contribution in [0.3, 0.4) is 0 Å². The number of nitrogens with zero attached hydrogens (tertiary/aromatic N) is 2. The van der Waals surface area contributed by atoms with Crippen molar-refractivity contribution < 1.29 is 32.2 Å². The van der Waals surface area contributed by atoms with Crippen LogP contribution in [0.2, 0.25) is 0 Å². The number of methoxy groups -OCH3 is 1. The lowest BCUT2D eigenvalue weighted by Crippen LogP contribution is -2.19. The van der Waals surface area contributed by atoms with Gasteiger partial charge in [-0.25, -0.2) is 9.97 Å². The average molecular weight is 439 g/mol. The Hall–Kier alpha value is -3.34. The first kappa shape index (κ1) is 21.4. The molecule has 1 aromatic carbocycles. The monoisotopic (exact) mass is 439 g/mol. The highest BCUT2D eigenvalue weighted by atomic mass is 32.1. The van der Waals surface area contributed by atoms with Gasteiger partial charge in [0.15, 0.2) is 18.1 Å². The van der Waals surface area contributed by atoms with Crippen LogP contribution in [-0.4, -0.2) is 35.8 Å². The number of rotatable bonds is 8. The molecule has 0 radical (unpaired) electrons. The topological polar surface area (TPSA) is 82.6 Å². The molecule has 0 fully saturated rings. The number of pyridine rings is 1. The number of hydrogen-bond acceptors (Lipinski definition) is 7. The molecular weight excluding hydrogens is 423 g/mol. The summed E-state index contributed by atoms with van der Waals surface area (Å²) in [6, 6.07) is 7.30. The first-order valence-electron chi connectivity index (χ1n) is 8.49. The van der Waals surface area contributed by atoms with E-state index in [4.69, 9.17) is 9.47 Å². The summed E-state index contributed by atoms with van der Waals surface area (Å²) >= 11 is 1.46. The number of hydrogen-bond donors (Lipinski definition) is 1. The maximum atomic E-state index is 12.5. The molecule has 158 valence electrons. The number of thiazole rings is 1. The minimum atomic E-state index is -4.45. The van der Waals surface area contributed by atoms with E-state index < -0.39 is 18.7 Å². The van der Waals surface area contributed by atoms with E-state index in [9.17, 15) is 18.0 Å². The lowest BCUT2D eigenvalue weighted by Gasteiger charge is -2.12. The van der Waals surface area contributed by atoms with Gasteiger partial charge in [-0.1, -0.05) is 0 Å². The first-order chi connectivity index (χ1) is 14.3. The molecule has 0 saturated heterocycles. The van der Waals surface area contributed by atoms with Crippen LogP contribution in [0.15, 0.2) is 47.4 Å². The van der Waals surface area contributed by atoms with Crippen LogP contribution in [0.1, 0.15) is 16.1 Å². The van der Waals surface area contributed by atoms with Gasteiger partial charge < -0.3 is 19.5 Å². The van der Waals surface area contributed by atoms with Gasteiger partial charge in [0.25, 0.3) is 5.91 Å². The third-order valence-corrected chi connectivity index (χ3v) is 4.30. The van der Waals surface area contributed by atoms with E-state index in [1.165, 1.54) is 42.8 Å². The molecule has 0 unspecified atom stereocenters. The van der Waals surface area contributed by atoms with E-state index in [0.29, 0.717) is 22.7 Å². The molecule has 0 spiro atoms. The smallest absolute Gasteiger partial charge is 0.422 e. The molecule has 1 N–H and O–H groups in total. The number of anilines is 1. The van der Waals surface area contributed by atoms with Crippen LogP contribution in [0.25, 0.3) is 0 Å². The minimum absolute atomic E-state index is 0.200. The summed E-state index contributed by atoms with van der Waals surface area (Å²) in [5, 5.41) is 4.46. The maximum Gasteiger partial charge on any atom is 0.422 e. The van der Waals surface area contributed by atoms with Crippen molar-refractivity contribution in [2.24, 2.45) is 0 Å². The van der Waals surface area contributed by atoms with Crippen LogP contribution in [0.4, 0.5) is 18.9 Å². The molecule has 0 aliphatic heterocycles. The Morgan fingerprint density at radius 1 is 1.13 bits per heavy atom. The van der Waals surface area contributed by atoms with Gasteiger partial charge in [-0.3, -0.25) is 4.79 Å². The molecule has 2 aromatic heterocycles. The molecule has 3 aromatic rings. The van der Waals surface area contributed by atoms with E-state index in [1.807, 2.05) is 5.38 Å². The SMILES string of the molecule is COc1cc(C(=O)Nc2ccc(OCC(F)(F)F)nc2)ccc1OCc1cscn1. The van der Waals surface area contributed by atoms with Crippen LogP contribution in [-0.2, 0) is 6.61 Å². The number of aromatic nitrogens is 2. The minimum Gasteiger partial charge on any atom is -0.493 e. The summed E-state index contributed by atoms with van der Waals surface area (Å²) in [6.45, 7) is -1.18. The summed E-state index contributed by atoms with van der Waals surface area (Å²) in [7, 11) is 1.45. The highest BCUT2D eigenvalue weighted by Crippen LogP contribution is 2.29. The molecule has 7 nitrogen and oxygen atoms in total. The van der Waals surface area contributed by atoms with Crippen molar-refractivity contribution in [1.82, 2.24) is 9.97 Å².